The van der Waals surface area contributed by atoms with E-state index in [4.69, 9.17) is 4.74 Å². The zero-order chi connectivity index (χ0) is 21.1. The number of nitrogens with zero attached hydrogens (tertiary/aromatic N) is 3. The average molecular weight is 406 g/mol. The predicted molar refractivity (Wildman–Crippen MR) is 121 cm³/mol. The summed E-state index contributed by atoms with van der Waals surface area (Å²) in [5, 5.41) is 0. The van der Waals surface area contributed by atoms with E-state index in [0.29, 0.717) is 0 Å². The van der Waals surface area contributed by atoms with E-state index >= 15 is 0 Å². The lowest BCUT2D eigenvalue weighted by Crippen LogP contribution is -2.46. The number of rotatable bonds is 4. The molecule has 3 heterocycles. The van der Waals surface area contributed by atoms with Gasteiger partial charge in [-0.1, -0.05) is 32.1 Å². The Kier molecular flexibility index (Phi) is 6.09. The van der Waals surface area contributed by atoms with Crippen LogP contribution in [0, 0.1) is 5.92 Å². The Labute approximate surface area is 179 Å². The minimum Gasteiger partial charge on any atom is -0.497 e. The van der Waals surface area contributed by atoms with E-state index in [-0.39, 0.29) is 11.8 Å². The molecular formula is C25H31N3O2. The molecule has 1 aromatic carbocycles. The highest BCUT2D eigenvalue weighted by molar-refractivity contribution is 5.98. The van der Waals surface area contributed by atoms with E-state index in [1.54, 1.807) is 18.1 Å². The van der Waals surface area contributed by atoms with E-state index in [1.807, 2.05) is 24.4 Å². The summed E-state index contributed by atoms with van der Waals surface area (Å²) in [7, 11) is 1.67. The van der Waals surface area contributed by atoms with Crippen LogP contribution in [0.25, 0.3) is 5.57 Å². The molecule has 1 aromatic rings. The van der Waals surface area contributed by atoms with Gasteiger partial charge in [0, 0.05) is 44.2 Å². The first kappa shape index (κ1) is 20.5. The van der Waals surface area contributed by atoms with Crippen molar-refractivity contribution >= 4 is 11.5 Å². The minimum absolute atomic E-state index is 0.000311. The maximum atomic E-state index is 13.3. The van der Waals surface area contributed by atoms with Crippen molar-refractivity contribution in [2.45, 2.75) is 20.3 Å². The molecule has 0 spiro atoms. The van der Waals surface area contributed by atoms with Crippen molar-refractivity contribution in [1.29, 1.82) is 0 Å². The second-order valence-electron chi connectivity index (χ2n) is 8.11. The van der Waals surface area contributed by atoms with E-state index in [2.05, 4.69) is 47.9 Å². The van der Waals surface area contributed by atoms with Gasteiger partial charge in [0.2, 0.25) is 0 Å². The van der Waals surface area contributed by atoms with Gasteiger partial charge in [0.05, 0.1) is 12.8 Å². The molecule has 1 unspecified atom stereocenters. The van der Waals surface area contributed by atoms with Crippen molar-refractivity contribution < 1.29 is 9.53 Å². The number of likely N-dealkylation sites (N-methyl/N-ethyl adjacent to an activating group) is 1. The molecule has 0 N–H and O–H groups in total. The van der Waals surface area contributed by atoms with Crippen molar-refractivity contribution in [3.8, 4) is 5.75 Å². The zero-order valence-corrected chi connectivity index (χ0v) is 18.2. The number of benzene rings is 1. The maximum absolute atomic E-state index is 13.3. The van der Waals surface area contributed by atoms with Crippen molar-refractivity contribution in [2.75, 3.05) is 39.8 Å². The van der Waals surface area contributed by atoms with Gasteiger partial charge in [0.15, 0.2) is 0 Å². The van der Waals surface area contributed by atoms with Gasteiger partial charge in [-0.2, -0.15) is 0 Å². The number of hydrogen-bond donors (Lipinski definition) is 0. The van der Waals surface area contributed by atoms with Gasteiger partial charge in [0.1, 0.15) is 5.75 Å². The molecule has 30 heavy (non-hydrogen) atoms. The molecule has 1 amide bonds. The smallest absolute Gasteiger partial charge is 0.255 e. The molecule has 0 radical (unpaired) electrons. The summed E-state index contributed by atoms with van der Waals surface area (Å²) >= 11 is 0. The molecule has 1 fully saturated rings. The number of methoxy groups -OCH3 is 1. The number of carbonyl (C=O) groups is 1. The Morgan fingerprint density at radius 1 is 1.10 bits per heavy atom. The highest BCUT2D eigenvalue weighted by Gasteiger charge is 2.25. The van der Waals surface area contributed by atoms with Gasteiger partial charge in [-0.25, -0.2) is 0 Å². The Bertz CT molecular complexity index is 920. The number of carbonyl (C=O) groups excluding carboxylic acids is 1. The molecular weight excluding hydrogens is 374 g/mol. The summed E-state index contributed by atoms with van der Waals surface area (Å²) in [6.07, 6.45) is 11.1. The lowest BCUT2D eigenvalue weighted by molar-refractivity contribution is -0.122. The number of hydrogen-bond acceptors (Lipinski definition) is 4. The van der Waals surface area contributed by atoms with Crippen molar-refractivity contribution in [3.05, 3.63) is 71.7 Å². The number of piperazine rings is 1. The molecule has 0 bridgehead atoms. The molecule has 4 rings (SSSR count). The normalized spacial score (nSPS) is 22.6. The van der Waals surface area contributed by atoms with Crippen molar-refractivity contribution in [3.63, 3.8) is 0 Å². The fourth-order valence-corrected chi connectivity index (χ4v) is 4.31. The van der Waals surface area contributed by atoms with Crippen LogP contribution in [0.2, 0.25) is 0 Å². The molecule has 1 saturated heterocycles. The Balaban J connectivity index is 1.60. The SMILES string of the molecule is CCN1CCN(C2=CN3C(=O)C=C(c4cccc(OC)c4)C(C)CC=C3C=C2)CC1. The highest BCUT2D eigenvalue weighted by Crippen LogP contribution is 2.32. The third-order valence-electron chi connectivity index (χ3n) is 6.28. The molecule has 5 nitrogen and oxygen atoms in total. The Morgan fingerprint density at radius 3 is 2.60 bits per heavy atom. The summed E-state index contributed by atoms with van der Waals surface area (Å²) < 4.78 is 5.38. The summed E-state index contributed by atoms with van der Waals surface area (Å²) in [5.74, 6) is 1.05. The Morgan fingerprint density at radius 2 is 1.87 bits per heavy atom. The van der Waals surface area contributed by atoms with Crippen LogP contribution in [0.1, 0.15) is 25.8 Å². The van der Waals surface area contributed by atoms with Gasteiger partial charge in [-0.15, -0.1) is 0 Å². The van der Waals surface area contributed by atoms with Crippen LogP contribution < -0.4 is 4.74 Å². The van der Waals surface area contributed by atoms with Crippen molar-refractivity contribution in [1.82, 2.24) is 14.7 Å². The highest BCUT2D eigenvalue weighted by atomic mass is 16.5. The first-order chi connectivity index (χ1) is 14.6. The molecule has 1 atom stereocenters. The summed E-state index contributed by atoms with van der Waals surface area (Å²) in [5.41, 5.74) is 4.17. The topological polar surface area (TPSA) is 36.0 Å². The molecule has 3 aliphatic heterocycles. The summed E-state index contributed by atoms with van der Waals surface area (Å²) in [4.78, 5) is 19.9. The first-order valence-corrected chi connectivity index (χ1v) is 10.9. The van der Waals surface area contributed by atoms with E-state index in [0.717, 1.165) is 67.4 Å². The largest absolute Gasteiger partial charge is 0.497 e. The van der Waals surface area contributed by atoms with Gasteiger partial charge in [-0.3, -0.25) is 9.69 Å². The monoisotopic (exact) mass is 405 g/mol. The molecule has 0 aromatic heterocycles. The van der Waals surface area contributed by atoms with E-state index in [9.17, 15) is 4.79 Å². The average Bonchev–Trinajstić information content (AvgIpc) is 2.80. The number of fused-ring (bicyclic) bond motifs is 1. The third kappa shape index (κ3) is 4.21. The van der Waals surface area contributed by atoms with Crippen LogP contribution >= 0.6 is 0 Å². The quantitative estimate of drug-likeness (QED) is 0.762. The zero-order valence-electron chi connectivity index (χ0n) is 18.2. The fourth-order valence-electron chi connectivity index (χ4n) is 4.31. The number of ether oxygens (including phenoxy) is 1. The van der Waals surface area contributed by atoms with Crippen LogP contribution in [0.15, 0.2) is 66.2 Å². The van der Waals surface area contributed by atoms with E-state index < -0.39 is 0 Å². The van der Waals surface area contributed by atoms with Crippen LogP contribution in [0.5, 0.6) is 5.75 Å². The van der Waals surface area contributed by atoms with Crippen LogP contribution in [0.3, 0.4) is 0 Å². The van der Waals surface area contributed by atoms with Gasteiger partial charge >= 0.3 is 0 Å². The first-order valence-electron chi connectivity index (χ1n) is 10.9. The lowest BCUT2D eigenvalue weighted by atomic mass is 9.89. The second kappa shape index (κ2) is 8.92. The maximum Gasteiger partial charge on any atom is 0.255 e. The molecule has 0 saturated carbocycles. The molecule has 0 aliphatic carbocycles. The van der Waals surface area contributed by atoms with Gasteiger partial charge < -0.3 is 14.5 Å². The summed E-state index contributed by atoms with van der Waals surface area (Å²) in [6.45, 7) is 9.59. The number of amides is 1. The fraction of sp³-hybridized carbons (Fsp3) is 0.400. The van der Waals surface area contributed by atoms with Crippen molar-refractivity contribution in [2.24, 2.45) is 5.92 Å². The van der Waals surface area contributed by atoms with Gasteiger partial charge in [-0.05, 0) is 54.3 Å². The van der Waals surface area contributed by atoms with Crippen LogP contribution in [-0.2, 0) is 4.79 Å². The number of allylic oxidation sites excluding steroid dienone is 4. The lowest BCUT2D eigenvalue weighted by Gasteiger charge is -2.38. The van der Waals surface area contributed by atoms with E-state index in [1.165, 1.54) is 0 Å². The minimum atomic E-state index is -0.000311. The molecule has 3 aliphatic rings. The molecule has 5 heteroatoms. The van der Waals surface area contributed by atoms with Crippen LogP contribution in [-0.4, -0.2) is 60.4 Å². The predicted octanol–water partition coefficient (Wildman–Crippen LogP) is 3.88. The van der Waals surface area contributed by atoms with Gasteiger partial charge in [0.25, 0.3) is 5.91 Å². The molecule has 158 valence electrons. The second-order valence-corrected chi connectivity index (χ2v) is 8.11. The Hall–Kier alpha value is -2.79. The van der Waals surface area contributed by atoms with Crippen LogP contribution in [0.4, 0.5) is 0 Å². The third-order valence-corrected chi connectivity index (χ3v) is 6.28. The summed E-state index contributed by atoms with van der Waals surface area (Å²) in [6, 6.07) is 7.96. The standard InChI is InChI=1S/C25H31N3O2/c1-4-26-12-14-27(15-13-26)22-11-10-21-9-8-19(2)24(17-25(29)28(21)18-22)20-6-5-7-23(16-20)30-3/h5-7,9-11,16-19H,4,8,12-15H2,1-3H3.